The molecular formula is C18H28Cl3N3O. The minimum atomic E-state index is 0. The molecule has 0 radical (unpaired) electrons. The minimum Gasteiger partial charge on any atom is -0.354 e. The van der Waals surface area contributed by atoms with Crippen LogP contribution in [0.4, 0.5) is 0 Å². The van der Waals surface area contributed by atoms with Crippen LogP contribution in [0.1, 0.15) is 30.9 Å². The van der Waals surface area contributed by atoms with E-state index in [4.69, 9.17) is 11.6 Å². The van der Waals surface area contributed by atoms with Gasteiger partial charge in [-0.15, -0.1) is 24.8 Å². The summed E-state index contributed by atoms with van der Waals surface area (Å²) in [5.74, 6) is 0.421. The second-order valence-electron chi connectivity index (χ2n) is 7.12. The number of piperidine rings is 1. The van der Waals surface area contributed by atoms with Crippen molar-refractivity contribution in [3.8, 4) is 0 Å². The van der Waals surface area contributed by atoms with Gasteiger partial charge in [0.15, 0.2) is 0 Å². The van der Waals surface area contributed by atoms with Crippen molar-refractivity contribution in [3.63, 3.8) is 0 Å². The molecule has 4 nitrogen and oxygen atoms in total. The first-order chi connectivity index (χ1) is 11.0. The number of likely N-dealkylation sites (N-methyl/N-ethyl adjacent to an activating group) is 1. The summed E-state index contributed by atoms with van der Waals surface area (Å²) in [7, 11) is 4.04. The Morgan fingerprint density at radius 2 is 1.96 bits per heavy atom. The quantitative estimate of drug-likeness (QED) is 0.786. The fourth-order valence-corrected chi connectivity index (χ4v) is 4.09. The lowest BCUT2D eigenvalue weighted by atomic mass is 9.91. The molecule has 2 aliphatic rings. The third kappa shape index (κ3) is 5.01. The van der Waals surface area contributed by atoms with Crippen LogP contribution in [-0.4, -0.2) is 44.5 Å². The molecule has 1 saturated carbocycles. The van der Waals surface area contributed by atoms with E-state index in [9.17, 15) is 4.79 Å². The van der Waals surface area contributed by atoms with Crippen molar-refractivity contribution in [3.05, 3.63) is 34.9 Å². The molecule has 1 aliphatic carbocycles. The summed E-state index contributed by atoms with van der Waals surface area (Å²) in [6.07, 6.45) is 3.32. The summed E-state index contributed by atoms with van der Waals surface area (Å²) in [5, 5.41) is 7.29. The van der Waals surface area contributed by atoms with E-state index < -0.39 is 0 Å². The highest BCUT2D eigenvalue weighted by Gasteiger charge is 2.57. The number of benzene rings is 1. The van der Waals surface area contributed by atoms with Gasteiger partial charge in [-0.1, -0.05) is 29.8 Å². The van der Waals surface area contributed by atoms with Crippen molar-refractivity contribution in [2.45, 2.75) is 25.3 Å². The molecule has 1 aliphatic heterocycles. The van der Waals surface area contributed by atoms with E-state index in [-0.39, 0.29) is 48.1 Å². The highest BCUT2D eigenvalue weighted by Crippen LogP contribution is 2.58. The summed E-state index contributed by atoms with van der Waals surface area (Å²) in [6, 6.07) is 7.95. The van der Waals surface area contributed by atoms with Crippen LogP contribution in [0, 0.1) is 11.3 Å². The van der Waals surface area contributed by atoms with Gasteiger partial charge in [0.2, 0.25) is 5.91 Å². The summed E-state index contributed by atoms with van der Waals surface area (Å²) in [5.41, 5.74) is 1.35. The van der Waals surface area contributed by atoms with Crippen LogP contribution in [0.3, 0.4) is 0 Å². The van der Waals surface area contributed by atoms with Crippen molar-refractivity contribution in [2.75, 3.05) is 33.7 Å². The highest BCUT2D eigenvalue weighted by atomic mass is 35.5. The summed E-state index contributed by atoms with van der Waals surface area (Å²) in [4.78, 5) is 14.6. The first kappa shape index (κ1) is 22.5. The van der Waals surface area contributed by atoms with Crippen molar-refractivity contribution in [2.24, 2.45) is 11.3 Å². The van der Waals surface area contributed by atoms with E-state index in [1.807, 2.05) is 38.4 Å². The highest BCUT2D eigenvalue weighted by molar-refractivity contribution is 6.31. The normalized spacial score (nSPS) is 21.8. The minimum absolute atomic E-state index is 0. The van der Waals surface area contributed by atoms with Crippen LogP contribution >= 0.6 is 36.4 Å². The van der Waals surface area contributed by atoms with Gasteiger partial charge in [0.05, 0.1) is 6.04 Å². The van der Waals surface area contributed by atoms with Crippen molar-refractivity contribution >= 4 is 42.3 Å². The molecule has 1 spiro atoms. The van der Waals surface area contributed by atoms with E-state index in [1.54, 1.807) is 0 Å². The van der Waals surface area contributed by atoms with Gasteiger partial charge in [-0.3, -0.25) is 4.79 Å². The fraction of sp³-hybridized carbons (Fsp3) is 0.611. The van der Waals surface area contributed by atoms with Gasteiger partial charge in [-0.05, 0) is 63.5 Å². The van der Waals surface area contributed by atoms with Crippen molar-refractivity contribution in [1.82, 2.24) is 15.5 Å². The molecule has 2 fully saturated rings. The second kappa shape index (κ2) is 9.43. The van der Waals surface area contributed by atoms with Crippen molar-refractivity contribution in [1.29, 1.82) is 0 Å². The fourth-order valence-electron chi connectivity index (χ4n) is 3.83. The van der Waals surface area contributed by atoms with E-state index in [1.165, 1.54) is 0 Å². The van der Waals surface area contributed by atoms with Gasteiger partial charge in [0.25, 0.3) is 0 Å². The molecule has 1 saturated heterocycles. The van der Waals surface area contributed by atoms with Gasteiger partial charge in [0, 0.05) is 17.5 Å². The Bertz CT molecular complexity index is 576. The Balaban J connectivity index is 0.00000156. The second-order valence-corrected chi connectivity index (χ2v) is 7.52. The van der Waals surface area contributed by atoms with E-state index >= 15 is 0 Å². The average molecular weight is 409 g/mol. The molecule has 142 valence electrons. The number of carbonyl (C=O) groups is 1. The van der Waals surface area contributed by atoms with Crippen LogP contribution in [0.2, 0.25) is 5.02 Å². The Labute approximate surface area is 167 Å². The zero-order chi connectivity index (χ0) is 16.4. The number of hydrogen-bond donors (Lipinski definition) is 2. The lowest BCUT2D eigenvalue weighted by Gasteiger charge is -2.27. The summed E-state index contributed by atoms with van der Waals surface area (Å²) in [6.45, 7) is 2.69. The number of hydrogen-bond acceptors (Lipinski definition) is 3. The number of halogens is 3. The molecule has 25 heavy (non-hydrogen) atoms. The maximum absolute atomic E-state index is 12.5. The summed E-state index contributed by atoms with van der Waals surface area (Å²) >= 11 is 6.32. The Hall–Kier alpha value is -0.520. The Kier molecular flexibility index (Phi) is 8.49. The average Bonchev–Trinajstić information content (AvgIpc) is 3.22. The molecule has 1 aromatic rings. The topological polar surface area (TPSA) is 44.4 Å². The molecular weight excluding hydrogens is 381 g/mol. The smallest absolute Gasteiger partial charge is 0.223 e. The lowest BCUT2D eigenvalue weighted by molar-refractivity contribution is -0.123. The van der Waals surface area contributed by atoms with Gasteiger partial charge >= 0.3 is 0 Å². The first-order valence-corrected chi connectivity index (χ1v) is 8.80. The van der Waals surface area contributed by atoms with Crippen LogP contribution in [0.25, 0.3) is 0 Å². The third-order valence-corrected chi connectivity index (χ3v) is 5.81. The first-order valence-electron chi connectivity index (χ1n) is 8.43. The number of nitrogens with one attached hydrogen (secondary N) is 2. The van der Waals surface area contributed by atoms with Crippen LogP contribution in [-0.2, 0) is 4.79 Å². The number of rotatable bonds is 5. The predicted octanol–water partition coefficient (Wildman–Crippen LogP) is 3.29. The maximum atomic E-state index is 12.5. The van der Waals surface area contributed by atoms with Crippen LogP contribution in [0.15, 0.2) is 24.3 Å². The molecule has 3 rings (SSSR count). The van der Waals surface area contributed by atoms with Gasteiger partial charge in [0.1, 0.15) is 0 Å². The molecule has 7 heteroatoms. The maximum Gasteiger partial charge on any atom is 0.223 e. The molecule has 1 aromatic carbocycles. The van der Waals surface area contributed by atoms with Gasteiger partial charge < -0.3 is 15.5 Å². The molecule has 1 heterocycles. The zero-order valence-electron chi connectivity index (χ0n) is 14.8. The van der Waals surface area contributed by atoms with Gasteiger partial charge in [-0.2, -0.15) is 0 Å². The molecule has 2 N–H and O–H groups in total. The van der Waals surface area contributed by atoms with E-state index in [0.717, 1.165) is 42.9 Å². The van der Waals surface area contributed by atoms with Crippen LogP contribution < -0.4 is 10.6 Å². The number of nitrogens with zero attached hydrogens (tertiary/aromatic N) is 1. The molecule has 2 atom stereocenters. The third-order valence-electron chi connectivity index (χ3n) is 5.46. The predicted molar refractivity (Wildman–Crippen MR) is 108 cm³/mol. The molecule has 1 amide bonds. The Morgan fingerprint density at radius 1 is 1.32 bits per heavy atom. The number of amides is 1. The molecule has 0 aromatic heterocycles. The molecule has 0 bridgehead atoms. The SMILES string of the molecule is CN(C)C(CNC(=O)C1CC12CCNCC2)c1ccccc1Cl.Cl.Cl. The standard InChI is InChI=1S/C18H26ClN3O.2ClH/c1-22(2)16(13-5-3-4-6-15(13)19)12-21-17(23)14-11-18(14)7-9-20-10-8-18;;/h3-6,14,16,20H,7-12H2,1-2H3,(H,21,23);2*1H. The van der Waals surface area contributed by atoms with Crippen LogP contribution in [0.5, 0.6) is 0 Å². The monoisotopic (exact) mass is 407 g/mol. The lowest BCUT2D eigenvalue weighted by Crippen LogP contribution is -2.37. The van der Waals surface area contributed by atoms with Crippen molar-refractivity contribution < 1.29 is 4.79 Å². The Morgan fingerprint density at radius 3 is 2.56 bits per heavy atom. The van der Waals surface area contributed by atoms with E-state index in [2.05, 4.69) is 15.5 Å². The van der Waals surface area contributed by atoms with Gasteiger partial charge in [-0.25, -0.2) is 0 Å². The summed E-state index contributed by atoms with van der Waals surface area (Å²) < 4.78 is 0. The molecule has 2 unspecified atom stereocenters. The number of carbonyl (C=O) groups excluding carboxylic acids is 1. The zero-order valence-corrected chi connectivity index (χ0v) is 17.1. The van der Waals surface area contributed by atoms with E-state index in [0.29, 0.717) is 6.54 Å². The largest absolute Gasteiger partial charge is 0.354 e.